The van der Waals surface area contributed by atoms with Crippen molar-refractivity contribution >= 4 is 33.2 Å². The molecule has 5 heteroatoms. The zero-order valence-corrected chi connectivity index (χ0v) is 14.5. The summed E-state index contributed by atoms with van der Waals surface area (Å²) >= 11 is 5.05. The van der Waals surface area contributed by atoms with Crippen LogP contribution in [0.5, 0.6) is 0 Å². The number of hydrogen-bond acceptors (Lipinski definition) is 3. The van der Waals surface area contributed by atoms with Gasteiger partial charge in [0.05, 0.1) is 16.0 Å². The van der Waals surface area contributed by atoms with Crippen LogP contribution in [0.15, 0.2) is 28.1 Å². The van der Waals surface area contributed by atoms with Gasteiger partial charge in [0.25, 0.3) is 0 Å². The van der Waals surface area contributed by atoms with Crippen molar-refractivity contribution in [3.05, 3.63) is 44.3 Å². The van der Waals surface area contributed by atoms with Gasteiger partial charge in [-0.25, -0.2) is 9.18 Å². The molecule has 21 heavy (non-hydrogen) atoms. The average molecular weight is 371 g/mol. The number of rotatable bonds is 4. The molecular weight excluding hydrogens is 355 g/mol. The van der Waals surface area contributed by atoms with Crippen LogP contribution in [0.2, 0.25) is 0 Å². The Bertz CT molecular complexity index is 647. The summed E-state index contributed by atoms with van der Waals surface area (Å²) in [6, 6.07) is 6.14. The third-order valence-electron chi connectivity index (χ3n) is 3.03. The van der Waals surface area contributed by atoms with E-state index in [4.69, 9.17) is 4.74 Å². The van der Waals surface area contributed by atoms with Crippen LogP contribution in [0.25, 0.3) is 11.1 Å². The Morgan fingerprint density at radius 1 is 1.33 bits per heavy atom. The van der Waals surface area contributed by atoms with E-state index >= 15 is 0 Å². The third-order valence-corrected chi connectivity index (χ3v) is 5.19. The van der Waals surface area contributed by atoms with Gasteiger partial charge in [-0.15, -0.1) is 11.3 Å². The molecule has 0 unspecified atom stereocenters. The molecule has 0 N–H and O–H groups in total. The molecule has 0 radical (unpaired) electrons. The standard InChI is InChI=1S/C16H16BrFO2S/c1-4-20-16(19)13-12(10-5-7-11(18)8-6-10)15(17)21-14(13)9(2)3/h5-9H,4H2,1-3H3. The van der Waals surface area contributed by atoms with Crippen molar-refractivity contribution in [2.45, 2.75) is 26.7 Å². The van der Waals surface area contributed by atoms with E-state index in [2.05, 4.69) is 15.9 Å². The molecule has 1 aromatic heterocycles. The zero-order valence-electron chi connectivity index (χ0n) is 12.1. The van der Waals surface area contributed by atoms with E-state index in [0.717, 1.165) is 19.8 Å². The molecule has 0 spiro atoms. The smallest absolute Gasteiger partial charge is 0.339 e. The Morgan fingerprint density at radius 2 is 1.95 bits per heavy atom. The number of thiophene rings is 1. The first kappa shape index (κ1) is 16.2. The minimum absolute atomic E-state index is 0.208. The summed E-state index contributed by atoms with van der Waals surface area (Å²) in [5.74, 6) is -0.422. The van der Waals surface area contributed by atoms with Gasteiger partial charge in [-0.1, -0.05) is 26.0 Å². The maximum atomic E-state index is 13.1. The number of carbonyl (C=O) groups is 1. The number of carbonyl (C=O) groups excluding carboxylic acids is 1. The maximum Gasteiger partial charge on any atom is 0.339 e. The van der Waals surface area contributed by atoms with Crippen molar-refractivity contribution in [1.29, 1.82) is 0 Å². The Hall–Kier alpha value is -1.20. The van der Waals surface area contributed by atoms with Crippen LogP contribution in [0.1, 0.15) is 41.9 Å². The molecule has 0 saturated carbocycles. The second-order valence-electron chi connectivity index (χ2n) is 4.87. The molecule has 0 aliphatic rings. The highest BCUT2D eigenvalue weighted by molar-refractivity contribution is 9.11. The van der Waals surface area contributed by atoms with Crippen LogP contribution < -0.4 is 0 Å². The Labute approximate surface area is 136 Å². The number of benzene rings is 1. The molecule has 0 atom stereocenters. The molecule has 2 nitrogen and oxygen atoms in total. The molecule has 0 fully saturated rings. The quantitative estimate of drug-likeness (QED) is 0.653. The average Bonchev–Trinajstić information content (AvgIpc) is 2.78. The van der Waals surface area contributed by atoms with E-state index in [1.54, 1.807) is 19.1 Å². The number of ether oxygens (including phenoxy) is 1. The summed E-state index contributed by atoms with van der Waals surface area (Å²) in [5.41, 5.74) is 2.16. The van der Waals surface area contributed by atoms with E-state index in [1.165, 1.54) is 23.5 Å². The van der Waals surface area contributed by atoms with Gasteiger partial charge in [0, 0.05) is 10.4 Å². The van der Waals surface area contributed by atoms with E-state index in [0.29, 0.717) is 12.2 Å². The topological polar surface area (TPSA) is 26.3 Å². The molecule has 2 rings (SSSR count). The molecule has 0 aliphatic carbocycles. The van der Waals surface area contributed by atoms with Crippen LogP contribution in [-0.2, 0) is 4.74 Å². The Morgan fingerprint density at radius 3 is 2.48 bits per heavy atom. The van der Waals surface area contributed by atoms with Crippen LogP contribution >= 0.6 is 27.3 Å². The predicted octanol–water partition coefficient (Wildman–Crippen LogP) is 5.62. The first-order valence-corrected chi connectivity index (χ1v) is 8.31. The molecule has 0 bridgehead atoms. The second-order valence-corrected chi connectivity index (χ2v) is 7.24. The highest BCUT2D eigenvalue weighted by atomic mass is 79.9. The third kappa shape index (κ3) is 3.35. The van der Waals surface area contributed by atoms with Gasteiger partial charge in [-0.3, -0.25) is 0 Å². The fraction of sp³-hybridized carbons (Fsp3) is 0.312. The molecule has 0 saturated heterocycles. The minimum atomic E-state index is -0.331. The van der Waals surface area contributed by atoms with Crippen molar-refractivity contribution in [3.8, 4) is 11.1 Å². The van der Waals surface area contributed by atoms with E-state index in [-0.39, 0.29) is 17.7 Å². The first-order chi connectivity index (χ1) is 9.95. The lowest BCUT2D eigenvalue weighted by Crippen LogP contribution is -2.08. The lowest BCUT2D eigenvalue weighted by atomic mass is 9.99. The fourth-order valence-corrected chi connectivity index (χ4v) is 4.10. The van der Waals surface area contributed by atoms with Crippen LogP contribution in [-0.4, -0.2) is 12.6 Å². The van der Waals surface area contributed by atoms with Crippen LogP contribution in [0, 0.1) is 5.82 Å². The summed E-state index contributed by atoms with van der Waals surface area (Å²) in [6.45, 7) is 6.18. The van der Waals surface area contributed by atoms with Gasteiger partial charge in [0.15, 0.2) is 0 Å². The second kappa shape index (κ2) is 6.71. The van der Waals surface area contributed by atoms with Gasteiger partial charge in [-0.05, 0) is 46.5 Å². The summed E-state index contributed by atoms with van der Waals surface area (Å²) in [7, 11) is 0. The lowest BCUT2D eigenvalue weighted by Gasteiger charge is -2.09. The monoisotopic (exact) mass is 370 g/mol. The summed E-state index contributed by atoms with van der Waals surface area (Å²) in [5, 5.41) is 0. The molecule has 2 aromatic rings. The lowest BCUT2D eigenvalue weighted by molar-refractivity contribution is 0.0526. The fourth-order valence-electron chi connectivity index (χ4n) is 2.11. The van der Waals surface area contributed by atoms with Crippen LogP contribution in [0.3, 0.4) is 0 Å². The van der Waals surface area contributed by atoms with E-state index in [9.17, 15) is 9.18 Å². The molecule has 112 valence electrons. The molecule has 0 amide bonds. The molecule has 0 aliphatic heterocycles. The van der Waals surface area contributed by atoms with Crippen molar-refractivity contribution in [2.24, 2.45) is 0 Å². The predicted molar refractivity (Wildman–Crippen MR) is 87.5 cm³/mol. The van der Waals surface area contributed by atoms with Crippen LogP contribution in [0.4, 0.5) is 4.39 Å². The van der Waals surface area contributed by atoms with Crippen molar-refractivity contribution < 1.29 is 13.9 Å². The highest BCUT2D eigenvalue weighted by Crippen LogP contribution is 2.43. The first-order valence-electron chi connectivity index (χ1n) is 6.70. The van der Waals surface area contributed by atoms with Crippen molar-refractivity contribution in [1.82, 2.24) is 0 Å². The van der Waals surface area contributed by atoms with Gasteiger partial charge in [0.2, 0.25) is 0 Å². The molecule has 1 aromatic carbocycles. The largest absolute Gasteiger partial charge is 0.462 e. The SMILES string of the molecule is CCOC(=O)c1c(C(C)C)sc(Br)c1-c1ccc(F)cc1. The van der Waals surface area contributed by atoms with Crippen molar-refractivity contribution in [2.75, 3.05) is 6.61 Å². The van der Waals surface area contributed by atoms with Gasteiger partial charge >= 0.3 is 5.97 Å². The summed E-state index contributed by atoms with van der Waals surface area (Å²) in [6.07, 6.45) is 0. The van der Waals surface area contributed by atoms with Crippen molar-refractivity contribution in [3.63, 3.8) is 0 Å². The maximum absolute atomic E-state index is 13.1. The highest BCUT2D eigenvalue weighted by Gasteiger charge is 2.26. The number of esters is 1. The molecular formula is C16H16BrFO2S. The van der Waals surface area contributed by atoms with Gasteiger partial charge in [0.1, 0.15) is 5.82 Å². The Kier molecular flexibility index (Phi) is 5.17. The molecule has 1 heterocycles. The Balaban J connectivity index is 2.63. The number of hydrogen-bond donors (Lipinski definition) is 0. The summed E-state index contributed by atoms with van der Waals surface area (Å²) in [4.78, 5) is 13.3. The number of halogens is 2. The van der Waals surface area contributed by atoms with Gasteiger partial charge < -0.3 is 4.74 Å². The van der Waals surface area contributed by atoms with E-state index < -0.39 is 0 Å². The van der Waals surface area contributed by atoms with Gasteiger partial charge in [-0.2, -0.15) is 0 Å². The summed E-state index contributed by atoms with van der Waals surface area (Å²) < 4.78 is 19.2. The zero-order chi connectivity index (χ0) is 15.6. The normalized spacial score (nSPS) is 11.0. The van der Waals surface area contributed by atoms with E-state index in [1.807, 2.05) is 13.8 Å². The minimum Gasteiger partial charge on any atom is -0.462 e.